The minimum Gasteiger partial charge on any atom is -0.491 e. The van der Waals surface area contributed by atoms with Crippen LogP contribution in [0.5, 0.6) is 5.75 Å². The van der Waals surface area contributed by atoms with Crippen molar-refractivity contribution in [3.63, 3.8) is 0 Å². The Morgan fingerprint density at radius 3 is 2.44 bits per heavy atom. The van der Waals surface area contributed by atoms with Crippen LogP contribution in [0.25, 0.3) is 0 Å². The molecule has 2 heterocycles. The Morgan fingerprint density at radius 1 is 1.11 bits per heavy atom. The van der Waals surface area contributed by atoms with Crippen LogP contribution in [0.15, 0.2) is 24.3 Å². The molecular formula is C16H23NO. The average molecular weight is 245 g/mol. The Labute approximate surface area is 110 Å². The third kappa shape index (κ3) is 2.39. The van der Waals surface area contributed by atoms with Gasteiger partial charge in [-0.05, 0) is 57.1 Å². The van der Waals surface area contributed by atoms with Gasteiger partial charge in [0.2, 0.25) is 0 Å². The van der Waals surface area contributed by atoms with Crippen molar-refractivity contribution in [2.75, 3.05) is 0 Å². The molecule has 0 radical (unpaired) electrons. The largest absolute Gasteiger partial charge is 0.491 e. The summed E-state index contributed by atoms with van der Waals surface area (Å²) in [5, 5.41) is 3.71. The van der Waals surface area contributed by atoms with Crippen LogP contribution in [0.1, 0.15) is 51.0 Å². The normalized spacial score (nSPS) is 30.7. The van der Waals surface area contributed by atoms with E-state index >= 15 is 0 Å². The van der Waals surface area contributed by atoms with Crippen LogP contribution in [0, 0.1) is 0 Å². The first-order chi connectivity index (χ1) is 8.72. The second-order valence-corrected chi connectivity index (χ2v) is 6.01. The maximum atomic E-state index is 5.97. The first-order valence-electron chi connectivity index (χ1n) is 7.24. The number of benzene rings is 1. The molecule has 2 nitrogen and oxygen atoms in total. The van der Waals surface area contributed by atoms with E-state index in [0.717, 1.165) is 17.8 Å². The van der Waals surface area contributed by atoms with E-state index in [9.17, 15) is 0 Å². The molecule has 2 atom stereocenters. The SMILES string of the molecule is CC(C)Oc1ccccc1C1CC2CCC(C1)N2. The summed E-state index contributed by atoms with van der Waals surface area (Å²) < 4.78 is 5.97. The van der Waals surface area contributed by atoms with E-state index in [0.29, 0.717) is 5.92 Å². The van der Waals surface area contributed by atoms with Gasteiger partial charge < -0.3 is 10.1 Å². The fourth-order valence-corrected chi connectivity index (χ4v) is 3.49. The predicted octanol–water partition coefficient (Wildman–Crippen LogP) is 3.47. The lowest BCUT2D eigenvalue weighted by Crippen LogP contribution is -2.37. The maximum Gasteiger partial charge on any atom is 0.123 e. The van der Waals surface area contributed by atoms with E-state index in [-0.39, 0.29) is 6.10 Å². The van der Waals surface area contributed by atoms with Crippen molar-refractivity contribution >= 4 is 0 Å². The summed E-state index contributed by atoms with van der Waals surface area (Å²) in [5.74, 6) is 1.78. The lowest BCUT2D eigenvalue weighted by Gasteiger charge is -2.30. The van der Waals surface area contributed by atoms with Crippen LogP contribution in [0.2, 0.25) is 0 Å². The van der Waals surface area contributed by atoms with Crippen molar-refractivity contribution in [3.8, 4) is 5.75 Å². The lowest BCUT2D eigenvalue weighted by molar-refractivity contribution is 0.235. The van der Waals surface area contributed by atoms with Crippen molar-refractivity contribution < 1.29 is 4.74 Å². The molecule has 2 heteroatoms. The fraction of sp³-hybridized carbons (Fsp3) is 0.625. The highest BCUT2D eigenvalue weighted by Crippen LogP contribution is 2.40. The average Bonchev–Trinajstić information content (AvgIpc) is 2.68. The van der Waals surface area contributed by atoms with Crippen LogP contribution < -0.4 is 10.1 Å². The molecule has 1 N–H and O–H groups in total. The van der Waals surface area contributed by atoms with Gasteiger partial charge in [-0.3, -0.25) is 0 Å². The van der Waals surface area contributed by atoms with Gasteiger partial charge in [-0.2, -0.15) is 0 Å². The molecule has 3 rings (SSSR count). The molecule has 2 saturated heterocycles. The number of nitrogens with one attached hydrogen (secondary N) is 1. The van der Waals surface area contributed by atoms with Crippen LogP contribution in [-0.2, 0) is 0 Å². The molecule has 0 aliphatic carbocycles. The smallest absolute Gasteiger partial charge is 0.123 e. The molecule has 2 aliphatic rings. The molecule has 0 saturated carbocycles. The summed E-state index contributed by atoms with van der Waals surface area (Å²) >= 11 is 0. The van der Waals surface area contributed by atoms with Gasteiger partial charge in [0.1, 0.15) is 5.75 Å². The first kappa shape index (κ1) is 12.0. The molecule has 0 spiro atoms. The molecule has 1 aromatic carbocycles. The van der Waals surface area contributed by atoms with Crippen LogP contribution in [0.4, 0.5) is 0 Å². The Morgan fingerprint density at radius 2 is 1.78 bits per heavy atom. The minimum absolute atomic E-state index is 0.254. The molecule has 1 aromatic rings. The van der Waals surface area contributed by atoms with Crippen LogP contribution >= 0.6 is 0 Å². The van der Waals surface area contributed by atoms with Gasteiger partial charge in [-0.15, -0.1) is 0 Å². The zero-order valence-electron chi connectivity index (χ0n) is 11.4. The van der Waals surface area contributed by atoms with Crippen molar-refractivity contribution in [2.24, 2.45) is 0 Å². The summed E-state index contributed by atoms with van der Waals surface area (Å²) in [6.07, 6.45) is 5.51. The van der Waals surface area contributed by atoms with Crippen molar-refractivity contribution in [3.05, 3.63) is 29.8 Å². The van der Waals surface area contributed by atoms with Crippen LogP contribution in [-0.4, -0.2) is 18.2 Å². The van der Waals surface area contributed by atoms with Gasteiger partial charge in [0.25, 0.3) is 0 Å². The third-order valence-electron chi connectivity index (χ3n) is 4.19. The van der Waals surface area contributed by atoms with E-state index in [4.69, 9.17) is 4.74 Å². The topological polar surface area (TPSA) is 21.3 Å². The van der Waals surface area contributed by atoms with Crippen molar-refractivity contribution in [1.82, 2.24) is 5.32 Å². The summed E-state index contributed by atoms with van der Waals surface area (Å²) in [6, 6.07) is 10.1. The maximum absolute atomic E-state index is 5.97. The predicted molar refractivity (Wildman–Crippen MR) is 74.1 cm³/mol. The van der Waals surface area contributed by atoms with Crippen molar-refractivity contribution in [1.29, 1.82) is 0 Å². The number of ether oxygens (including phenoxy) is 1. The molecule has 2 aliphatic heterocycles. The van der Waals surface area contributed by atoms with Crippen molar-refractivity contribution in [2.45, 2.75) is 63.6 Å². The zero-order valence-corrected chi connectivity index (χ0v) is 11.4. The quantitative estimate of drug-likeness (QED) is 0.880. The second kappa shape index (κ2) is 4.93. The Kier molecular flexibility index (Phi) is 3.29. The number of piperidine rings is 1. The number of hydrogen-bond donors (Lipinski definition) is 1. The number of rotatable bonds is 3. The van der Waals surface area contributed by atoms with E-state index in [2.05, 4.69) is 43.4 Å². The van der Waals surface area contributed by atoms with Gasteiger partial charge in [-0.1, -0.05) is 18.2 Å². The highest BCUT2D eigenvalue weighted by molar-refractivity contribution is 5.37. The van der Waals surface area contributed by atoms with E-state index in [1.54, 1.807) is 0 Å². The van der Waals surface area contributed by atoms with Gasteiger partial charge in [0.05, 0.1) is 6.10 Å². The van der Waals surface area contributed by atoms with Gasteiger partial charge in [0.15, 0.2) is 0 Å². The highest BCUT2D eigenvalue weighted by atomic mass is 16.5. The van der Waals surface area contributed by atoms with Crippen LogP contribution in [0.3, 0.4) is 0 Å². The van der Waals surface area contributed by atoms with E-state index in [1.807, 2.05) is 0 Å². The molecule has 98 valence electrons. The second-order valence-electron chi connectivity index (χ2n) is 6.01. The number of para-hydroxylation sites is 1. The summed E-state index contributed by atoms with van der Waals surface area (Å²) in [5.41, 5.74) is 1.42. The standard InChI is InChI=1S/C16H23NO/c1-11(2)18-16-6-4-3-5-15(16)12-9-13-7-8-14(10-12)17-13/h3-6,11-14,17H,7-10H2,1-2H3. The number of fused-ring (bicyclic) bond motifs is 2. The Bertz CT molecular complexity index is 403. The molecule has 18 heavy (non-hydrogen) atoms. The molecule has 2 fully saturated rings. The van der Waals surface area contributed by atoms with E-state index < -0.39 is 0 Å². The van der Waals surface area contributed by atoms with Gasteiger partial charge in [-0.25, -0.2) is 0 Å². The summed E-state index contributed by atoms with van der Waals surface area (Å²) in [4.78, 5) is 0. The van der Waals surface area contributed by atoms with E-state index in [1.165, 1.54) is 31.2 Å². The molecule has 2 bridgehead atoms. The monoisotopic (exact) mass is 245 g/mol. The zero-order chi connectivity index (χ0) is 12.5. The summed E-state index contributed by atoms with van der Waals surface area (Å²) in [7, 11) is 0. The molecule has 2 unspecified atom stereocenters. The third-order valence-corrected chi connectivity index (χ3v) is 4.19. The molecule has 0 amide bonds. The van der Waals surface area contributed by atoms with Gasteiger partial charge in [0, 0.05) is 12.1 Å². The summed E-state index contributed by atoms with van der Waals surface area (Å²) in [6.45, 7) is 4.20. The number of hydrogen-bond acceptors (Lipinski definition) is 2. The highest BCUT2D eigenvalue weighted by Gasteiger charge is 2.35. The minimum atomic E-state index is 0.254. The lowest BCUT2D eigenvalue weighted by atomic mass is 9.86. The fourth-order valence-electron chi connectivity index (χ4n) is 3.49. The molecule has 0 aromatic heterocycles. The molecular weight excluding hydrogens is 222 g/mol. The Balaban J connectivity index is 1.83. The Hall–Kier alpha value is -1.02. The van der Waals surface area contributed by atoms with Gasteiger partial charge >= 0.3 is 0 Å². The first-order valence-corrected chi connectivity index (χ1v) is 7.24.